The van der Waals surface area contributed by atoms with Gasteiger partial charge in [0.25, 0.3) is 0 Å². The van der Waals surface area contributed by atoms with Crippen molar-refractivity contribution in [3.8, 4) is 0 Å². The summed E-state index contributed by atoms with van der Waals surface area (Å²) in [5, 5.41) is 0. The predicted molar refractivity (Wildman–Crippen MR) is 58.5 cm³/mol. The maximum atomic E-state index is 4.24. The summed E-state index contributed by atoms with van der Waals surface area (Å²) >= 11 is 0. The minimum Gasteiger partial charge on any atom is -0.288 e. The maximum Gasteiger partial charge on any atom is 0.0642 e. The molecule has 68 valence electrons. The van der Waals surface area contributed by atoms with E-state index in [0.29, 0.717) is 0 Å². The number of aliphatic imine (C=N–C) groups is 1. The Hall–Kier alpha value is -1.37. The normalized spacial score (nSPS) is 12.4. The summed E-state index contributed by atoms with van der Waals surface area (Å²) in [5.74, 6) is 0. The van der Waals surface area contributed by atoms with Gasteiger partial charge in [0.1, 0.15) is 0 Å². The number of benzene rings is 1. The lowest BCUT2D eigenvalue weighted by molar-refractivity contribution is 1.39. The fraction of sp³-hybridized carbons (Fsp3) is 0.250. The van der Waals surface area contributed by atoms with E-state index in [2.05, 4.69) is 24.0 Å². The second kappa shape index (κ2) is 4.61. The second-order valence-electron chi connectivity index (χ2n) is 2.92. The number of hydrogen-bond acceptors (Lipinski definition) is 1. The number of nitrogens with zero attached hydrogens (tertiary/aromatic N) is 1. The van der Waals surface area contributed by atoms with Gasteiger partial charge in [-0.15, -0.1) is 0 Å². The quantitative estimate of drug-likeness (QED) is 0.610. The molecule has 0 aliphatic rings. The number of hydrogen-bond donors (Lipinski definition) is 0. The summed E-state index contributed by atoms with van der Waals surface area (Å²) in [4.78, 5) is 4.24. The molecule has 0 saturated carbocycles. The Bertz CT molecular complexity index is 335. The molecule has 1 heteroatoms. The molecule has 13 heavy (non-hydrogen) atoms. The smallest absolute Gasteiger partial charge is 0.0642 e. The minimum absolute atomic E-state index is 1.04. The molecule has 0 N–H and O–H groups in total. The highest BCUT2D eigenvalue weighted by molar-refractivity contribution is 6.09. The Labute approximate surface area is 79.8 Å². The van der Waals surface area contributed by atoms with Crippen LogP contribution in [0.1, 0.15) is 18.1 Å². The van der Waals surface area contributed by atoms with Crippen molar-refractivity contribution in [2.75, 3.05) is 7.05 Å². The van der Waals surface area contributed by atoms with E-state index in [1.54, 1.807) is 0 Å². The first-order chi connectivity index (χ1) is 6.29. The van der Waals surface area contributed by atoms with Crippen molar-refractivity contribution >= 4 is 5.71 Å². The lowest BCUT2D eigenvalue weighted by Crippen LogP contribution is -1.98. The summed E-state index contributed by atoms with van der Waals surface area (Å²) in [6.07, 6.45) is 4.04. The Balaban J connectivity index is 3.13. The lowest BCUT2D eigenvalue weighted by Gasteiger charge is -2.03. The van der Waals surface area contributed by atoms with Gasteiger partial charge in [-0.2, -0.15) is 0 Å². The summed E-state index contributed by atoms with van der Waals surface area (Å²) in [6.45, 7) is 4.10. The fourth-order valence-electron chi connectivity index (χ4n) is 1.30. The number of allylic oxidation sites excluding steroid dienone is 2. The third-order valence-corrected chi connectivity index (χ3v) is 1.99. The van der Waals surface area contributed by atoms with Crippen LogP contribution in [0.2, 0.25) is 0 Å². The summed E-state index contributed by atoms with van der Waals surface area (Å²) < 4.78 is 0. The molecular weight excluding hydrogens is 158 g/mol. The zero-order chi connectivity index (χ0) is 9.68. The molecule has 0 fully saturated rings. The van der Waals surface area contributed by atoms with Gasteiger partial charge in [-0.05, 0) is 25.5 Å². The van der Waals surface area contributed by atoms with Gasteiger partial charge in [0.2, 0.25) is 0 Å². The molecule has 0 atom stereocenters. The van der Waals surface area contributed by atoms with Crippen molar-refractivity contribution in [1.82, 2.24) is 0 Å². The molecule has 0 aliphatic heterocycles. The van der Waals surface area contributed by atoms with Crippen LogP contribution in [0.25, 0.3) is 0 Å². The Morgan fingerprint density at radius 2 is 2.00 bits per heavy atom. The van der Waals surface area contributed by atoms with Gasteiger partial charge >= 0.3 is 0 Å². The van der Waals surface area contributed by atoms with Crippen molar-refractivity contribution in [1.29, 1.82) is 0 Å². The third-order valence-electron chi connectivity index (χ3n) is 1.99. The highest BCUT2D eigenvalue weighted by atomic mass is 14.7. The molecule has 1 aromatic rings. The van der Waals surface area contributed by atoms with E-state index in [1.807, 2.05) is 38.3 Å². The molecule has 0 aromatic heterocycles. The van der Waals surface area contributed by atoms with Crippen LogP contribution in [-0.2, 0) is 0 Å². The van der Waals surface area contributed by atoms with Crippen molar-refractivity contribution in [2.24, 2.45) is 4.99 Å². The van der Waals surface area contributed by atoms with Crippen LogP contribution in [0.4, 0.5) is 0 Å². The minimum atomic E-state index is 1.04. The largest absolute Gasteiger partial charge is 0.288 e. The molecule has 0 aliphatic carbocycles. The Morgan fingerprint density at radius 1 is 1.31 bits per heavy atom. The lowest BCUT2D eigenvalue weighted by atomic mass is 10.0. The zero-order valence-corrected chi connectivity index (χ0v) is 8.41. The molecule has 0 saturated heterocycles. The standard InChI is InChI=1S/C12H15N/c1-4-7-12(13-3)11-9-6-5-8-10(11)2/h4-9H,1-3H3/b7-4-,13-12?. The molecule has 0 amide bonds. The number of rotatable bonds is 2. The predicted octanol–water partition coefficient (Wildman–Crippen LogP) is 2.99. The maximum absolute atomic E-state index is 4.24. The van der Waals surface area contributed by atoms with Crippen LogP contribution in [0.5, 0.6) is 0 Å². The fourth-order valence-corrected chi connectivity index (χ4v) is 1.30. The van der Waals surface area contributed by atoms with Crippen LogP contribution >= 0.6 is 0 Å². The van der Waals surface area contributed by atoms with Crippen LogP contribution in [0.3, 0.4) is 0 Å². The van der Waals surface area contributed by atoms with Gasteiger partial charge < -0.3 is 0 Å². The molecule has 0 heterocycles. The van der Waals surface area contributed by atoms with Crippen LogP contribution in [-0.4, -0.2) is 12.8 Å². The molecule has 0 bridgehead atoms. The zero-order valence-electron chi connectivity index (χ0n) is 8.41. The van der Waals surface area contributed by atoms with Gasteiger partial charge in [0.15, 0.2) is 0 Å². The van der Waals surface area contributed by atoms with Gasteiger partial charge in [0.05, 0.1) is 5.71 Å². The van der Waals surface area contributed by atoms with E-state index < -0.39 is 0 Å². The number of aryl methyl sites for hydroxylation is 1. The van der Waals surface area contributed by atoms with Gasteiger partial charge in [-0.25, -0.2) is 0 Å². The average Bonchev–Trinajstić information content (AvgIpc) is 2.16. The molecule has 0 unspecified atom stereocenters. The van der Waals surface area contributed by atoms with Crippen LogP contribution in [0.15, 0.2) is 41.4 Å². The van der Waals surface area contributed by atoms with Crippen LogP contribution < -0.4 is 0 Å². The second-order valence-corrected chi connectivity index (χ2v) is 2.92. The molecular formula is C12H15N. The first kappa shape index (κ1) is 9.72. The molecule has 1 aromatic carbocycles. The van der Waals surface area contributed by atoms with E-state index >= 15 is 0 Å². The monoisotopic (exact) mass is 173 g/mol. The summed E-state index contributed by atoms with van der Waals surface area (Å²) in [7, 11) is 1.82. The summed E-state index contributed by atoms with van der Waals surface area (Å²) in [6, 6.07) is 8.28. The first-order valence-corrected chi connectivity index (χ1v) is 4.45. The van der Waals surface area contributed by atoms with Crippen molar-refractivity contribution < 1.29 is 0 Å². The third kappa shape index (κ3) is 2.28. The van der Waals surface area contributed by atoms with Gasteiger partial charge in [-0.1, -0.05) is 30.3 Å². The highest BCUT2D eigenvalue weighted by Gasteiger charge is 2.00. The molecule has 0 radical (unpaired) electrons. The van der Waals surface area contributed by atoms with Crippen molar-refractivity contribution in [2.45, 2.75) is 13.8 Å². The Morgan fingerprint density at radius 3 is 2.54 bits per heavy atom. The van der Waals surface area contributed by atoms with E-state index in [4.69, 9.17) is 0 Å². The van der Waals surface area contributed by atoms with Crippen LogP contribution in [0, 0.1) is 6.92 Å². The van der Waals surface area contributed by atoms with Gasteiger partial charge in [-0.3, -0.25) is 4.99 Å². The first-order valence-electron chi connectivity index (χ1n) is 4.45. The summed E-state index contributed by atoms with van der Waals surface area (Å²) in [5.41, 5.74) is 3.52. The topological polar surface area (TPSA) is 12.4 Å². The average molecular weight is 173 g/mol. The van der Waals surface area contributed by atoms with Gasteiger partial charge in [0, 0.05) is 12.6 Å². The SMILES string of the molecule is C/C=C\C(=NC)c1ccccc1C. The highest BCUT2D eigenvalue weighted by Crippen LogP contribution is 2.09. The van der Waals surface area contributed by atoms with E-state index in [-0.39, 0.29) is 0 Å². The van der Waals surface area contributed by atoms with Crippen molar-refractivity contribution in [3.63, 3.8) is 0 Å². The van der Waals surface area contributed by atoms with E-state index in [9.17, 15) is 0 Å². The molecule has 0 spiro atoms. The Kier molecular flexibility index (Phi) is 3.44. The van der Waals surface area contributed by atoms with E-state index in [0.717, 1.165) is 5.71 Å². The van der Waals surface area contributed by atoms with E-state index in [1.165, 1.54) is 11.1 Å². The van der Waals surface area contributed by atoms with Crippen molar-refractivity contribution in [3.05, 3.63) is 47.5 Å². The molecule has 1 rings (SSSR count). The molecule has 1 nitrogen and oxygen atoms in total.